The van der Waals surface area contributed by atoms with Gasteiger partial charge in [0.05, 0.1) is 4.90 Å². The van der Waals surface area contributed by atoms with Crippen molar-refractivity contribution in [3.63, 3.8) is 0 Å². The first-order chi connectivity index (χ1) is 13.7. The molecule has 3 rings (SSSR count). The molecule has 1 aromatic heterocycles. The van der Waals surface area contributed by atoms with Gasteiger partial charge >= 0.3 is 0 Å². The fourth-order valence-electron chi connectivity index (χ4n) is 2.58. The number of amides is 1. The first kappa shape index (κ1) is 21.2. The third-order valence-electron chi connectivity index (χ3n) is 3.90. The van der Waals surface area contributed by atoms with Gasteiger partial charge in [-0.15, -0.1) is 11.8 Å². The number of rotatable bonds is 6. The molecule has 0 saturated heterocycles. The summed E-state index contributed by atoms with van der Waals surface area (Å²) >= 11 is 6.92. The van der Waals surface area contributed by atoms with Crippen molar-refractivity contribution in [2.45, 2.75) is 21.4 Å². The number of nitrogen functional groups attached to an aromatic ring is 1. The molecule has 0 aliphatic carbocycles. The molecule has 1 amide bonds. The van der Waals surface area contributed by atoms with Crippen LogP contribution in [0.15, 0.2) is 63.3 Å². The Kier molecular flexibility index (Phi) is 6.15. The number of aromatic nitrogens is 2. The Morgan fingerprint density at radius 3 is 2.59 bits per heavy atom. The van der Waals surface area contributed by atoms with E-state index in [0.717, 1.165) is 22.5 Å². The number of halogens is 2. The zero-order valence-corrected chi connectivity index (χ0v) is 17.5. The minimum absolute atomic E-state index is 0.00709. The molecule has 0 bridgehead atoms. The van der Waals surface area contributed by atoms with Gasteiger partial charge in [0.1, 0.15) is 28.1 Å². The Morgan fingerprint density at radius 2 is 1.97 bits per heavy atom. The van der Waals surface area contributed by atoms with Gasteiger partial charge in [0.25, 0.3) is 0 Å². The highest BCUT2D eigenvalue weighted by Crippen LogP contribution is 2.34. The van der Waals surface area contributed by atoms with E-state index in [0.29, 0.717) is 5.02 Å². The molecule has 11 heteroatoms. The minimum Gasteiger partial charge on any atom is -0.383 e. The quantitative estimate of drug-likeness (QED) is 0.552. The van der Waals surface area contributed by atoms with E-state index in [-0.39, 0.29) is 32.9 Å². The van der Waals surface area contributed by atoms with Gasteiger partial charge in [-0.25, -0.2) is 17.5 Å². The number of hydrogen-bond donors (Lipinski definition) is 2. The molecule has 0 unspecified atom stereocenters. The van der Waals surface area contributed by atoms with E-state index in [2.05, 4.69) is 10.4 Å². The van der Waals surface area contributed by atoms with Gasteiger partial charge in [0, 0.05) is 10.7 Å². The number of nitrogens with zero attached hydrogens (tertiary/aromatic N) is 2. The number of nitrogens with two attached hydrogens (primary N) is 1. The minimum atomic E-state index is -3.98. The summed E-state index contributed by atoms with van der Waals surface area (Å²) in [7, 11) is -3.98. The SMILES string of the molecule is CSc1nn(CC(=O)Nc2cccc(F)c2)c(N)c1S(=O)(=O)c1ccc(Cl)cc1. The summed E-state index contributed by atoms with van der Waals surface area (Å²) in [5.41, 5.74) is 6.30. The highest BCUT2D eigenvalue weighted by atomic mass is 35.5. The van der Waals surface area contributed by atoms with Gasteiger partial charge in [0.2, 0.25) is 15.7 Å². The Morgan fingerprint density at radius 1 is 1.28 bits per heavy atom. The third-order valence-corrected chi connectivity index (χ3v) is 6.79. The summed E-state index contributed by atoms with van der Waals surface area (Å²) in [6, 6.07) is 11.0. The molecule has 0 fully saturated rings. The zero-order valence-electron chi connectivity index (χ0n) is 15.1. The van der Waals surface area contributed by atoms with Crippen LogP contribution in [0.3, 0.4) is 0 Å². The average Bonchev–Trinajstić information content (AvgIpc) is 2.98. The zero-order chi connectivity index (χ0) is 21.2. The standard InChI is InChI=1S/C18H16ClFN4O3S2/c1-28-18-16(29(26,27)14-7-5-11(19)6-8-14)17(21)24(23-18)10-15(25)22-13-4-2-3-12(20)9-13/h2-9H,10,21H2,1H3,(H,22,25). The van der Waals surface area contributed by atoms with Crippen LogP contribution >= 0.6 is 23.4 Å². The van der Waals surface area contributed by atoms with Crippen LogP contribution in [0.2, 0.25) is 5.02 Å². The average molecular weight is 455 g/mol. The van der Waals surface area contributed by atoms with Crippen LogP contribution in [0.4, 0.5) is 15.9 Å². The first-order valence-electron chi connectivity index (χ1n) is 8.18. The van der Waals surface area contributed by atoms with Crippen LogP contribution in [-0.2, 0) is 21.2 Å². The molecule has 0 aliphatic rings. The lowest BCUT2D eigenvalue weighted by Crippen LogP contribution is -2.21. The first-order valence-corrected chi connectivity index (χ1v) is 11.3. The van der Waals surface area contributed by atoms with E-state index in [1.807, 2.05) is 0 Å². The number of thioether (sulfide) groups is 1. The third kappa shape index (κ3) is 4.55. The molecule has 3 aromatic rings. The molecule has 0 saturated carbocycles. The van der Waals surface area contributed by atoms with Crippen LogP contribution in [-0.4, -0.2) is 30.4 Å². The second-order valence-electron chi connectivity index (χ2n) is 5.90. The molecule has 7 nitrogen and oxygen atoms in total. The maximum Gasteiger partial charge on any atom is 0.246 e. The number of carbonyl (C=O) groups excluding carboxylic acids is 1. The second kappa shape index (κ2) is 8.44. The smallest absolute Gasteiger partial charge is 0.246 e. The summed E-state index contributed by atoms with van der Waals surface area (Å²) in [5.74, 6) is -1.20. The normalized spacial score (nSPS) is 11.4. The lowest BCUT2D eigenvalue weighted by atomic mass is 10.3. The number of nitrogens with one attached hydrogen (secondary N) is 1. The molecule has 0 spiro atoms. The molecular formula is C18H16ClFN4O3S2. The van der Waals surface area contributed by atoms with Gasteiger partial charge in [-0.3, -0.25) is 4.79 Å². The van der Waals surface area contributed by atoms with E-state index in [1.54, 1.807) is 6.26 Å². The lowest BCUT2D eigenvalue weighted by Gasteiger charge is -2.08. The van der Waals surface area contributed by atoms with Crippen molar-refractivity contribution < 1.29 is 17.6 Å². The van der Waals surface area contributed by atoms with Crippen LogP contribution in [0.5, 0.6) is 0 Å². The molecule has 0 atom stereocenters. The van der Waals surface area contributed by atoms with Gasteiger partial charge in [0.15, 0.2) is 0 Å². The van der Waals surface area contributed by atoms with Crippen molar-refractivity contribution in [1.29, 1.82) is 0 Å². The molecule has 2 aromatic carbocycles. The van der Waals surface area contributed by atoms with Gasteiger partial charge in [-0.05, 0) is 48.7 Å². The predicted octanol–water partition coefficient (Wildman–Crippen LogP) is 3.45. The van der Waals surface area contributed by atoms with Crippen LogP contribution < -0.4 is 11.1 Å². The number of anilines is 2. The fourth-order valence-corrected chi connectivity index (χ4v) is 5.13. The maximum atomic E-state index is 13.3. The predicted molar refractivity (Wildman–Crippen MR) is 110 cm³/mol. The number of carbonyl (C=O) groups is 1. The van der Waals surface area contributed by atoms with Crippen molar-refractivity contribution in [1.82, 2.24) is 9.78 Å². The van der Waals surface area contributed by atoms with E-state index < -0.39 is 21.6 Å². The number of hydrogen-bond acceptors (Lipinski definition) is 6. The Labute approximate surface area is 176 Å². The summed E-state index contributed by atoms with van der Waals surface area (Å²) in [5, 5.41) is 7.22. The number of sulfone groups is 1. The van der Waals surface area contributed by atoms with Crippen molar-refractivity contribution in [2.75, 3.05) is 17.3 Å². The molecular weight excluding hydrogens is 439 g/mol. The van der Waals surface area contributed by atoms with Crippen LogP contribution in [0, 0.1) is 5.82 Å². The second-order valence-corrected chi connectivity index (χ2v) is 9.02. The molecule has 29 heavy (non-hydrogen) atoms. The van der Waals surface area contributed by atoms with E-state index in [1.165, 1.54) is 42.5 Å². The summed E-state index contributed by atoms with van der Waals surface area (Å²) in [6.07, 6.45) is 1.65. The van der Waals surface area contributed by atoms with Gasteiger partial charge < -0.3 is 11.1 Å². The Bertz CT molecular complexity index is 1160. The van der Waals surface area contributed by atoms with Gasteiger partial charge in [-0.1, -0.05) is 17.7 Å². The van der Waals surface area contributed by atoms with Crippen molar-refractivity contribution in [3.05, 3.63) is 59.4 Å². The van der Waals surface area contributed by atoms with E-state index in [9.17, 15) is 17.6 Å². The van der Waals surface area contributed by atoms with E-state index >= 15 is 0 Å². The summed E-state index contributed by atoms with van der Waals surface area (Å²) < 4.78 is 40.4. The number of benzene rings is 2. The van der Waals surface area contributed by atoms with E-state index in [4.69, 9.17) is 17.3 Å². The van der Waals surface area contributed by atoms with Crippen molar-refractivity contribution in [3.8, 4) is 0 Å². The highest BCUT2D eigenvalue weighted by molar-refractivity contribution is 7.99. The molecule has 0 radical (unpaired) electrons. The fraction of sp³-hybridized carbons (Fsp3) is 0.111. The summed E-state index contributed by atoms with van der Waals surface area (Å²) in [4.78, 5) is 12.1. The lowest BCUT2D eigenvalue weighted by molar-refractivity contribution is -0.116. The van der Waals surface area contributed by atoms with Gasteiger partial charge in [-0.2, -0.15) is 5.10 Å². The van der Waals surface area contributed by atoms with Crippen LogP contribution in [0.1, 0.15) is 0 Å². The molecule has 1 heterocycles. The summed E-state index contributed by atoms with van der Waals surface area (Å²) in [6.45, 7) is -0.341. The molecule has 152 valence electrons. The monoisotopic (exact) mass is 454 g/mol. The van der Waals surface area contributed by atoms with Crippen molar-refractivity contribution in [2.24, 2.45) is 0 Å². The van der Waals surface area contributed by atoms with Crippen molar-refractivity contribution >= 4 is 50.6 Å². The molecule has 0 aliphatic heterocycles. The Hall–Kier alpha value is -2.56. The maximum absolute atomic E-state index is 13.3. The van der Waals surface area contributed by atoms with Crippen LogP contribution in [0.25, 0.3) is 0 Å². The highest BCUT2D eigenvalue weighted by Gasteiger charge is 2.29. The largest absolute Gasteiger partial charge is 0.383 e. The topological polar surface area (TPSA) is 107 Å². The Balaban J connectivity index is 1.91. The molecule has 3 N–H and O–H groups in total.